The van der Waals surface area contributed by atoms with E-state index in [0.717, 1.165) is 0 Å². The van der Waals surface area contributed by atoms with Gasteiger partial charge in [-0.3, -0.25) is 5.43 Å². The second kappa shape index (κ2) is 2.46. The number of hydrogen-bond acceptors (Lipinski definition) is 2. The van der Waals surface area contributed by atoms with E-state index in [1.54, 1.807) is 0 Å². The summed E-state index contributed by atoms with van der Waals surface area (Å²) in [5.74, 6) is 0. The highest BCUT2D eigenvalue weighted by molar-refractivity contribution is 4.67. The van der Waals surface area contributed by atoms with E-state index in [1.165, 1.54) is 0 Å². The van der Waals surface area contributed by atoms with E-state index < -0.39 is 0 Å². The average molecular weight is 116 g/mol. The van der Waals surface area contributed by atoms with Gasteiger partial charge in [0, 0.05) is 12.6 Å². The molecule has 0 unspecified atom stereocenters. The minimum absolute atomic E-state index is 0.231. The van der Waals surface area contributed by atoms with Gasteiger partial charge in [-0.15, -0.1) is 0 Å². The largest absolute Gasteiger partial charge is 0.258 e. The van der Waals surface area contributed by atoms with Gasteiger partial charge in [-0.2, -0.15) is 0 Å². The first-order valence-electron chi connectivity index (χ1n) is 2.89. The zero-order valence-electron chi connectivity index (χ0n) is 6.45. The van der Waals surface area contributed by atoms with Crippen LogP contribution >= 0.6 is 0 Å². The number of rotatable bonds is 1. The Morgan fingerprint density at radius 1 is 1.25 bits per heavy atom. The van der Waals surface area contributed by atoms with Crippen LogP contribution in [0.1, 0.15) is 20.8 Å². The number of nitrogens with zero attached hydrogens (tertiary/aromatic N) is 1. The molecular weight excluding hydrogens is 100 g/mol. The van der Waals surface area contributed by atoms with Crippen molar-refractivity contribution in [3.05, 3.63) is 0 Å². The Bertz CT molecular complexity index is 63.4. The van der Waals surface area contributed by atoms with Gasteiger partial charge in [0.1, 0.15) is 0 Å². The molecule has 0 rings (SSSR count). The van der Waals surface area contributed by atoms with Crippen LogP contribution in [-0.4, -0.2) is 24.6 Å². The molecule has 0 radical (unpaired) electrons. The van der Waals surface area contributed by atoms with E-state index in [2.05, 4.69) is 31.2 Å². The minimum Gasteiger partial charge on any atom is -0.258 e. The Labute approximate surface area is 51.8 Å². The zero-order valence-corrected chi connectivity index (χ0v) is 6.45. The molecule has 0 aromatic heterocycles. The fourth-order valence-electron chi connectivity index (χ4n) is 0.335. The molecule has 0 saturated carbocycles. The van der Waals surface area contributed by atoms with Crippen molar-refractivity contribution < 1.29 is 0 Å². The molecule has 2 heteroatoms. The van der Waals surface area contributed by atoms with Gasteiger partial charge in [-0.1, -0.05) is 0 Å². The predicted octanol–water partition coefficient (Wildman–Crippen LogP) is 0.851. The van der Waals surface area contributed by atoms with Crippen molar-refractivity contribution in [3.8, 4) is 0 Å². The topological polar surface area (TPSA) is 15.3 Å². The molecule has 0 bridgehead atoms. The number of nitrogens with one attached hydrogen (secondary N) is 1. The van der Waals surface area contributed by atoms with Gasteiger partial charge in [0.05, 0.1) is 0 Å². The molecule has 0 heterocycles. The molecular formula is C6H16N2. The third-order valence-corrected chi connectivity index (χ3v) is 1.34. The molecule has 50 valence electrons. The SMILES string of the molecule is CNN(C)C(C)(C)C. The maximum atomic E-state index is 3.04. The van der Waals surface area contributed by atoms with Gasteiger partial charge in [-0.05, 0) is 27.8 Å². The van der Waals surface area contributed by atoms with E-state index in [-0.39, 0.29) is 5.54 Å². The lowest BCUT2D eigenvalue weighted by Crippen LogP contribution is -2.45. The van der Waals surface area contributed by atoms with Crippen LogP contribution in [0, 0.1) is 0 Å². The van der Waals surface area contributed by atoms with Crippen molar-refractivity contribution in [2.75, 3.05) is 14.1 Å². The molecule has 0 amide bonds. The summed E-state index contributed by atoms with van der Waals surface area (Å²) in [6.45, 7) is 6.47. The summed E-state index contributed by atoms with van der Waals surface area (Å²) >= 11 is 0. The fourth-order valence-corrected chi connectivity index (χ4v) is 0.335. The van der Waals surface area contributed by atoms with Crippen molar-refractivity contribution in [2.45, 2.75) is 26.3 Å². The fraction of sp³-hybridized carbons (Fsp3) is 1.00. The highest BCUT2D eigenvalue weighted by atomic mass is 15.5. The van der Waals surface area contributed by atoms with Gasteiger partial charge in [0.2, 0.25) is 0 Å². The second-order valence-corrected chi connectivity index (χ2v) is 2.95. The first-order valence-corrected chi connectivity index (χ1v) is 2.89. The smallest absolute Gasteiger partial charge is 0.0266 e. The molecule has 0 aliphatic rings. The summed E-state index contributed by atoms with van der Waals surface area (Å²) in [7, 11) is 3.95. The molecule has 0 aromatic carbocycles. The van der Waals surface area contributed by atoms with E-state index in [1.807, 2.05) is 14.1 Å². The number of hydrazine groups is 1. The molecule has 0 spiro atoms. The van der Waals surface area contributed by atoms with Crippen LogP contribution in [-0.2, 0) is 0 Å². The predicted molar refractivity (Wildman–Crippen MR) is 36.6 cm³/mol. The van der Waals surface area contributed by atoms with Crippen molar-refractivity contribution in [3.63, 3.8) is 0 Å². The van der Waals surface area contributed by atoms with Crippen LogP contribution in [0.2, 0.25) is 0 Å². The molecule has 0 aromatic rings. The number of hydrogen-bond donors (Lipinski definition) is 1. The van der Waals surface area contributed by atoms with E-state index in [4.69, 9.17) is 0 Å². The maximum absolute atomic E-state index is 3.04. The lowest BCUT2D eigenvalue weighted by atomic mass is 10.1. The van der Waals surface area contributed by atoms with Crippen LogP contribution in [0.5, 0.6) is 0 Å². The highest BCUT2D eigenvalue weighted by Gasteiger charge is 2.13. The molecule has 8 heavy (non-hydrogen) atoms. The van der Waals surface area contributed by atoms with Gasteiger partial charge < -0.3 is 0 Å². The maximum Gasteiger partial charge on any atom is 0.0266 e. The molecule has 2 nitrogen and oxygen atoms in total. The standard InChI is InChI=1S/C6H16N2/c1-6(2,3)8(5)7-4/h7H,1-5H3. The van der Waals surface area contributed by atoms with Crippen molar-refractivity contribution in [2.24, 2.45) is 0 Å². The summed E-state index contributed by atoms with van der Waals surface area (Å²) < 4.78 is 0. The molecule has 0 saturated heterocycles. The molecule has 0 fully saturated rings. The Hall–Kier alpha value is -0.0800. The molecule has 0 atom stereocenters. The quantitative estimate of drug-likeness (QED) is 0.511. The molecule has 0 aliphatic carbocycles. The summed E-state index contributed by atoms with van der Waals surface area (Å²) in [6, 6.07) is 0. The first-order chi connectivity index (χ1) is 3.48. The van der Waals surface area contributed by atoms with Gasteiger partial charge in [-0.25, -0.2) is 5.01 Å². The van der Waals surface area contributed by atoms with E-state index in [0.29, 0.717) is 0 Å². The summed E-state index contributed by atoms with van der Waals surface area (Å²) in [4.78, 5) is 0. The van der Waals surface area contributed by atoms with Crippen LogP contribution in [0.3, 0.4) is 0 Å². The molecule has 0 aliphatic heterocycles. The summed E-state index contributed by atoms with van der Waals surface area (Å²) in [5.41, 5.74) is 3.27. The van der Waals surface area contributed by atoms with Crippen molar-refractivity contribution in [1.29, 1.82) is 0 Å². The summed E-state index contributed by atoms with van der Waals surface area (Å²) in [5, 5.41) is 2.06. The highest BCUT2D eigenvalue weighted by Crippen LogP contribution is 2.05. The van der Waals surface area contributed by atoms with Gasteiger partial charge in [0.25, 0.3) is 0 Å². The van der Waals surface area contributed by atoms with Crippen LogP contribution in [0.4, 0.5) is 0 Å². The second-order valence-electron chi connectivity index (χ2n) is 2.95. The van der Waals surface area contributed by atoms with Gasteiger partial charge in [0.15, 0.2) is 0 Å². The first kappa shape index (κ1) is 7.92. The van der Waals surface area contributed by atoms with Gasteiger partial charge >= 0.3 is 0 Å². The minimum atomic E-state index is 0.231. The van der Waals surface area contributed by atoms with Crippen molar-refractivity contribution >= 4 is 0 Å². The van der Waals surface area contributed by atoms with E-state index >= 15 is 0 Å². The lowest BCUT2D eigenvalue weighted by Gasteiger charge is -2.30. The third-order valence-electron chi connectivity index (χ3n) is 1.34. The Morgan fingerprint density at radius 2 is 1.62 bits per heavy atom. The lowest BCUT2D eigenvalue weighted by molar-refractivity contribution is 0.122. The van der Waals surface area contributed by atoms with Crippen LogP contribution in [0.25, 0.3) is 0 Å². The Balaban J connectivity index is 3.62. The summed E-state index contributed by atoms with van der Waals surface area (Å²) in [6.07, 6.45) is 0. The normalized spacial score (nSPS) is 12.8. The molecule has 1 N–H and O–H groups in total. The average Bonchev–Trinajstić information content (AvgIpc) is 1.62. The monoisotopic (exact) mass is 116 g/mol. The zero-order chi connectivity index (χ0) is 6.78. The van der Waals surface area contributed by atoms with Crippen LogP contribution < -0.4 is 5.43 Å². The third kappa shape index (κ3) is 2.28. The Kier molecular flexibility index (Phi) is 2.44. The Morgan fingerprint density at radius 3 is 1.62 bits per heavy atom. The van der Waals surface area contributed by atoms with Crippen molar-refractivity contribution in [1.82, 2.24) is 10.4 Å². The van der Waals surface area contributed by atoms with E-state index in [9.17, 15) is 0 Å². The van der Waals surface area contributed by atoms with Crippen LogP contribution in [0.15, 0.2) is 0 Å².